The Kier molecular flexibility index (Phi) is 6.48. The van der Waals surface area contributed by atoms with Crippen LogP contribution in [0.3, 0.4) is 0 Å². The van der Waals surface area contributed by atoms with E-state index in [1.165, 1.54) is 29.5 Å². The summed E-state index contributed by atoms with van der Waals surface area (Å²) < 4.78 is 13.1. The lowest BCUT2D eigenvalue weighted by molar-refractivity contribution is -0.120. The van der Waals surface area contributed by atoms with Crippen LogP contribution in [0.4, 0.5) is 4.39 Å². The number of halogens is 2. The molecule has 0 saturated carbocycles. The molecule has 23 heavy (non-hydrogen) atoms. The Morgan fingerprint density at radius 1 is 1.22 bits per heavy atom. The van der Waals surface area contributed by atoms with Crippen LogP contribution in [0.5, 0.6) is 0 Å². The first-order valence-corrected chi connectivity index (χ1v) is 8.67. The Hall–Kier alpha value is -1.52. The zero-order valence-corrected chi connectivity index (χ0v) is 14.6. The summed E-state index contributed by atoms with van der Waals surface area (Å²) in [6.45, 7) is 4.48. The lowest BCUT2D eigenvalue weighted by atomic mass is 10.0. The molecule has 0 unspecified atom stereocenters. The molecule has 0 heterocycles. The number of hydrogen-bond acceptors (Lipinski definition) is 2. The van der Waals surface area contributed by atoms with Crippen molar-refractivity contribution in [3.05, 3.63) is 64.9 Å². The van der Waals surface area contributed by atoms with Crippen molar-refractivity contribution in [1.29, 1.82) is 0 Å². The maximum Gasteiger partial charge on any atom is 0.233 e. The fourth-order valence-electron chi connectivity index (χ4n) is 2.10. The van der Waals surface area contributed by atoms with Gasteiger partial charge in [-0.2, -0.15) is 0 Å². The highest BCUT2D eigenvalue weighted by Crippen LogP contribution is 2.27. The van der Waals surface area contributed by atoms with E-state index in [2.05, 4.69) is 24.4 Å². The Morgan fingerprint density at radius 3 is 2.57 bits per heavy atom. The number of rotatable bonds is 6. The van der Waals surface area contributed by atoms with Crippen molar-refractivity contribution in [2.45, 2.75) is 29.9 Å². The first kappa shape index (κ1) is 17.8. The molecule has 2 atom stereocenters. The molecule has 5 heteroatoms. The zero-order valence-electron chi connectivity index (χ0n) is 13.1. The maximum absolute atomic E-state index is 13.1. The average molecular weight is 352 g/mol. The van der Waals surface area contributed by atoms with E-state index in [4.69, 9.17) is 11.6 Å². The van der Waals surface area contributed by atoms with Gasteiger partial charge in [-0.15, -0.1) is 11.8 Å². The van der Waals surface area contributed by atoms with Crippen molar-refractivity contribution in [3.8, 4) is 0 Å². The highest BCUT2D eigenvalue weighted by Gasteiger charge is 2.16. The number of benzene rings is 2. The summed E-state index contributed by atoms with van der Waals surface area (Å²) in [7, 11) is 0. The number of carbonyl (C=O) groups excluding carboxylic acids is 1. The Morgan fingerprint density at radius 2 is 1.91 bits per heavy atom. The molecule has 2 rings (SSSR count). The topological polar surface area (TPSA) is 29.1 Å². The normalized spacial score (nSPS) is 13.4. The van der Waals surface area contributed by atoms with E-state index in [-0.39, 0.29) is 22.1 Å². The number of carbonyl (C=O) groups is 1. The minimum absolute atomic E-state index is 0.0433. The third-order valence-electron chi connectivity index (χ3n) is 3.52. The monoisotopic (exact) mass is 351 g/mol. The standard InChI is InChI=1S/C18H19ClFNOS/c1-12(14-6-4-3-5-7-14)11-21-18(22)13(2)23-15-8-9-17(20)16(19)10-15/h3-10,12-13H,11H2,1-2H3,(H,21,22)/t12-,13+/m1/s1. The molecule has 122 valence electrons. The fraction of sp³-hybridized carbons (Fsp3) is 0.278. The van der Waals surface area contributed by atoms with Gasteiger partial charge in [-0.05, 0) is 36.6 Å². The molecule has 0 bridgehead atoms. The Bertz CT molecular complexity index is 665. The van der Waals surface area contributed by atoms with E-state index < -0.39 is 5.82 Å². The van der Waals surface area contributed by atoms with Gasteiger partial charge >= 0.3 is 0 Å². The quantitative estimate of drug-likeness (QED) is 0.751. The molecule has 2 aromatic rings. The predicted molar refractivity (Wildman–Crippen MR) is 94.6 cm³/mol. The van der Waals surface area contributed by atoms with Gasteiger partial charge in [0.15, 0.2) is 0 Å². The van der Waals surface area contributed by atoms with E-state index >= 15 is 0 Å². The summed E-state index contributed by atoms with van der Waals surface area (Å²) in [5.74, 6) is -0.249. The van der Waals surface area contributed by atoms with Gasteiger partial charge in [-0.25, -0.2) is 4.39 Å². The van der Waals surface area contributed by atoms with Crippen molar-refractivity contribution >= 4 is 29.3 Å². The van der Waals surface area contributed by atoms with E-state index in [0.29, 0.717) is 6.54 Å². The van der Waals surface area contributed by atoms with Crippen molar-refractivity contribution in [2.24, 2.45) is 0 Å². The minimum atomic E-state index is -0.454. The largest absolute Gasteiger partial charge is 0.355 e. The number of nitrogens with one attached hydrogen (secondary N) is 1. The molecular weight excluding hydrogens is 333 g/mol. The average Bonchev–Trinajstić information content (AvgIpc) is 2.56. The van der Waals surface area contributed by atoms with Crippen molar-refractivity contribution in [3.63, 3.8) is 0 Å². The maximum atomic E-state index is 13.1. The van der Waals surface area contributed by atoms with Gasteiger partial charge in [-0.3, -0.25) is 4.79 Å². The second kappa shape index (κ2) is 8.37. The third-order valence-corrected chi connectivity index (χ3v) is 4.91. The van der Waals surface area contributed by atoms with Crippen LogP contribution >= 0.6 is 23.4 Å². The molecule has 0 aromatic heterocycles. The zero-order chi connectivity index (χ0) is 16.8. The van der Waals surface area contributed by atoms with Gasteiger partial charge in [0.1, 0.15) is 5.82 Å². The molecule has 0 fully saturated rings. The van der Waals surface area contributed by atoms with Crippen molar-refractivity contribution < 1.29 is 9.18 Å². The molecule has 2 nitrogen and oxygen atoms in total. The molecule has 2 aromatic carbocycles. The molecule has 1 amide bonds. The first-order chi connectivity index (χ1) is 11.0. The van der Waals surface area contributed by atoms with Gasteiger partial charge in [0, 0.05) is 11.4 Å². The van der Waals surface area contributed by atoms with Crippen LogP contribution in [-0.2, 0) is 4.79 Å². The predicted octanol–water partition coefficient (Wildman–Crippen LogP) is 4.88. The van der Waals surface area contributed by atoms with Gasteiger partial charge in [0.2, 0.25) is 5.91 Å². The lowest BCUT2D eigenvalue weighted by Crippen LogP contribution is -2.33. The molecule has 0 aliphatic rings. The molecule has 0 aliphatic carbocycles. The highest BCUT2D eigenvalue weighted by atomic mass is 35.5. The second-order valence-corrected chi connectivity index (χ2v) is 7.21. The summed E-state index contributed by atoms with van der Waals surface area (Å²) in [5.41, 5.74) is 1.19. The molecule has 0 saturated heterocycles. The summed E-state index contributed by atoms with van der Waals surface area (Å²) in [4.78, 5) is 13.0. The number of amides is 1. The molecular formula is C18H19ClFNOS. The lowest BCUT2D eigenvalue weighted by Gasteiger charge is -2.16. The van der Waals surface area contributed by atoms with E-state index in [1.807, 2.05) is 25.1 Å². The molecule has 0 aliphatic heterocycles. The Labute approximate surface area is 145 Å². The van der Waals surface area contributed by atoms with Crippen LogP contribution in [0.1, 0.15) is 25.3 Å². The van der Waals surface area contributed by atoms with Crippen LogP contribution in [-0.4, -0.2) is 17.7 Å². The minimum Gasteiger partial charge on any atom is -0.355 e. The van der Waals surface area contributed by atoms with Crippen LogP contribution in [0.15, 0.2) is 53.4 Å². The third kappa shape index (κ3) is 5.26. The van der Waals surface area contributed by atoms with E-state index in [9.17, 15) is 9.18 Å². The molecule has 0 spiro atoms. The summed E-state index contributed by atoms with van der Waals surface area (Å²) in [5, 5.41) is 2.75. The summed E-state index contributed by atoms with van der Waals surface area (Å²) in [6, 6.07) is 14.5. The molecule has 1 N–H and O–H groups in total. The van der Waals surface area contributed by atoms with Gasteiger partial charge in [-0.1, -0.05) is 48.9 Å². The number of thioether (sulfide) groups is 1. The van der Waals surface area contributed by atoms with Crippen molar-refractivity contribution in [2.75, 3.05) is 6.54 Å². The van der Waals surface area contributed by atoms with Gasteiger partial charge < -0.3 is 5.32 Å². The van der Waals surface area contributed by atoms with Crippen LogP contribution in [0.2, 0.25) is 5.02 Å². The Balaban J connectivity index is 1.86. The van der Waals surface area contributed by atoms with Crippen LogP contribution in [0, 0.1) is 5.82 Å². The summed E-state index contributed by atoms with van der Waals surface area (Å²) in [6.07, 6.45) is 0. The van der Waals surface area contributed by atoms with Crippen molar-refractivity contribution in [1.82, 2.24) is 5.32 Å². The number of hydrogen-bond donors (Lipinski definition) is 1. The SMILES string of the molecule is C[C@H](Sc1ccc(F)c(Cl)c1)C(=O)NC[C@@H](C)c1ccccc1. The van der Waals surface area contributed by atoms with E-state index in [1.54, 1.807) is 6.07 Å². The summed E-state index contributed by atoms with van der Waals surface area (Å²) >= 11 is 7.12. The molecule has 0 radical (unpaired) electrons. The van der Waals surface area contributed by atoms with Gasteiger partial charge in [0.05, 0.1) is 10.3 Å². The second-order valence-electron chi connectivity index (χ2n) is 5.39. The fourth-order valence-corrected chi connectivity index (χ4v) is 3.28. The van der Waals surface area contributed by atoms with Gasteiger partial charge in [0.25, 0.3) is 0 Å². The van der Waals surface area contributed by atoms with Crippen LogP contribution < -0.4 is 5.32 Å². The smallest absolute Gasteiger partial charge is 0.233 e. The van der Waals surface area contributed by atoms with E-state index in [0.717, 1.165) is 4.90 Å². The van der Waals surface area contributed by atoms with Crippen LogP contribution in [0.25, 0.3) is 0 Å². The highest BCUT2D eigenvalue weighted by molar-refractivity contribution is 8.00. The first-order valence-electron chi connectivity index (χ1n) is 7.41.